The molecule has 0 atom stereocenters. The van der Waals surface area contributed by atoms with Gasteiger partial charge in [-0.1, -0.05) is 231 Å². The molecule has 0 amide bonds. The third-order valence-corrected chi connectivity index (χ3v) is 13.3. The van der Waals surface area contributed by atoms with Crippen LogP contribution in [0.15, 0.2) is 261 Å². The maximum absolute atomic E-state index is 2.52. The average Bonchev–Trinajstić information content (AvgIpc) is 3.67. The van der Waals surface area contributed by atoms with Gasteiger partial charge in [-0.05, 0) is 108 Å². The average molecular weight is 814 g/mol. The normalized spacial score (nSPS) is 12.5. The molecular weight excluding hydrogens is 771 g/mol. The van der Waals surface area contributed by atoms with E-state index in [9.17, 15) is 0 Å². The highest BCUT2D eigenvalue weighted by atomic mass is 15.1. The van der Waals surface area contributed by atoms with E-state index in [1.165, 1.54) is 88.3 Å². The first-order chi connectivity index (χ1) is 31.8. The minimum Gasteiger partial charge on any atom is -0.309 e. The minimum atomic E-state index is -0.599. The van der Waals surface area contributed by atoms with Crippen molar-refractivity contribution in [3.05, 3.63) is 283 Å². The topological polar surface area (TPSA) is 3.24 Å². The van der Waals surface area contributed by atoms with Crippen molar-refractivity contribution in [3.8, 4) is 44.5 Å². The van der Waals surface area contributed by atoms with E-state index in [2.05, 4.69) is 266 Å². The Hall–Kier alpha value is -8.26. The van der Waals surface area contributed by atoms with Crippen LogP contribution in [-0.4, -0.2) is 0 Å². The van der Waals surface area contributed by atoms with Crippen molar-refractivity contribution in [2.45, 2.75) is 5.41 Å². The third-order valence-electron chi connectivity index (χ3n) is 13.3. The molecule has 11 aromatic carbocycles. The zero-order valence-corrected chi connectivity index (χ0v) is 35.3. The van der Waals surface area contributed by atoms with Crippen molar-refractivity contribution in [3.63, 3.8) is 0 Å². The van der Waals surface area contributed by atoms with Crippen molar-refractivity contribution in [1.29, 1.82) is 0 Å². The van der Waals surface area contributed by atoms with Gasteiger partial charge < -0.3 is 4.90 Å². The molecule has 0 fully saturated rings. The summed E-state index contributed by atoms with van der Waals surface area (Å²) in [6.07, 6.45) is 0. The Morgan fingerprint density at radius 1 is 0.266 bits per heavy atom. The second kappa shape index (κ2) is 15.6. The molecule has 1 aliphatic rings. The van der Waals surface area contributed by atoms with Gasteiger partial charge in [0.1, 0.15) is 0 Å². The van der Waals surface area contributed by atoms with Crippen LogP contribution in [0.4, 0.5) is 17.1 Å². The summed E-state index contributed by atoms with van der Waals surface area (Å²) in [6.45, 7) is 0. The van der Waals surface area contributed by atoms with E-state index in [4.69, 9.17) is 0 Å². The molecule has 1 aliphatic carbocycles. The molecule has 0 saturated heterocycles. The first kappa shape index (κ1) is 37.5. The Morgan fingerprint density at radius 3 is 1.27 bits per heavy atom. The van der Waals surface area contributed by atoms with Gasteiger partial charge >= 0.3 is 0 Å². The summed E-state index contributed by atoms with van der Waals surface area (Å²) in [4.78, 5) is 2.52. The van der Waals surface area contributed by atoms with E-state index in [1.54, 1.807) is 0 Å². The summed E-state index contributed by atoms with van der Waals surface area (Å²) < 4.78 is 0. The molecule has 12 rings (SSSR count). The highest BCUT2D eigenvalue weighted by Crippen LogP contribution is 2.59. The summed E-state index contributed by atoms with van der Waals surface area (Å²) >= 11 is 0. The predicted molar refractivity (Wildman–Crippen MR) is 270 cm³/mol. The van der Waals surface area contributed by atoms with Crippen LogP contribution in [0.3, 0.4) is 0 Å². The van der Waals surface area contributed by atoms with E-state index >= 15 is 0 Å². The lowest BCUT2D eigenvalue weighted by Crippen LogP contribution is -2.28. The number of hydrogen-bond donors (Lipinski definition) is 0. The van der Waals surface area contributed by atoms with Crippen LogP contribution in [-0.2, 0) is 5.41 Å². The molecule has 0 unspecified atom stereocenters. The van der Waals surface area contributed by atoms with Crippen LogP contribution in [0.1, 0.15) is 22.3 Å². The number of fused-ring (bicyclic) bond motifs is 6. The second-order valence-corrected chi connectivity index (χ2v) is 16.8. The molecule has 0 aromatic heterocycles. The maximum Gasteiger partial charge on any atom is 0.0714 e. The van der Waals surface area contributed by atoms with Gasteiger partial charge in [0.05, 0.1) is 11.1 Å². The standard InChI is InChI=1S/C63H43N/c1-6-20-44(21-7-1)46-34-36-47(37-35-46)61-57-32-18-16-30-53(57)54-31-17-19-33-58(54)62(61)64(51-28-14-5-15-29-51)52-39-41-56-55-40-38-48(45-22-8-2-9-23-45)42-59(55)63(60(56)43-52,49-24-10-3-11-25-49)50-26-12-4-13-27-50/h1-43H. The van der Waals surface area contributed by atoms with E-state index in [0.29, 0.717) is 0 Å². The van der Waals surface area contributed by atoms with Gasteiger partial charge in [-0.25, -0.2) is 0 Å². The molecule has 1 nitrogen and oxygen atoms in total. The smallest absolute Gasteiger partial charge is 0.0714 e. The number of nitrogens with zero attached hydrogens (tertiary/aromatic N) is 1. The van der Waals surface area contributed by atoms with E-state index < -0.39 is 5.41 Å². The van der Waals surface area contributed by atoms with Crippen LogP contribution in [0.5, 0.6) is 0 Å². The molecule has 0 spiro atoms. The maximum atomic E-state index is 2.52. The molecule has 0 radical (unpaired) electrons. The molecule has 300 valence electrons. The monoisotopic (exact) mass is 813 g/mol. The molecule has 64 heavy (non-hydrogen) atoms. The largest absolute Gasteiger partial charge is 0.309 e. The SMILES string of the molecule is c1ccc(-c2ccc(-c3c(N(c4ccccc4)c4ccc5c(c4)C(c4ccccc4)(c4ccccc4)c4cc(-c6ccccc6)ccc4-5)c4ccccc4c4ccccc34)cc2)cc1. The summed E-state index contributed by atoms with van der Waals surface area (Å²) in [5, 5.41) is 4.88. The Labute approximate surface area is 374 Å². The van der Waals surface area contributed by atoms with Crippen LogP contribution in [0, 0.1) is 0 Å². The van der Waals surface area contributed by atoms with Crippen molar-refractivity contribution in [2.75, 3.05) is 4.90 Å². The van der Waals surface area contributed by atoms with Gasteiger partial charge in [0, 0.05) is 22.3 Å². The summed E-state index contributed by atoms with van der Waals surface area (Å²) in [6, 6.07) is 96.0. The lowest BCUT2D eigenvalue weighted by atomic mass is 9.67. The second-order valence-electron chi connectivity index (χ2n) is 16.8. The first-order valence-electron chi connectivity index (χ1n) is 22.2. The predicted octanol–water partition coefficient (Wildman–Crippen LogP) is 16.8. The van der Waals surface area contributed by atoms with Gasteiger partial charge in [0.25, 0.3) is 0 Å². The fourth-order valence-corrected chi connectivity index (χ4v) is 10.5. The van der Waals surface area contributed by atoms with Crippen LogP contribution < -0.4 is 4.90 Å². The molecular formula is C63H43N. The number of hydrogen-bond acceptors (Lipinski definition) is 1. The Kier molecular flexibility index (Phi) is 9.13. The molecule has 11 aromatic rings. The lowest BCUT2D eigenvalue weighted by molar-refractivity contribution is 0.768. The van der Waals surface area contributed by atoms with Crippen LogP contribution in [0.25, 0.3) is 66.1 Å². The van der Waals surface area contributed by atoms with Crippen molar-refractivity contribution >= 4 is 38.6 Å². The van der Waals surface area contributed by atoms with Gasteiger partial charge in [-0.2, -0.15) is 0 Å². The third kappa shape index (κ3) is 6.01. The molecule has 0 N–H and O–H groups in total. The van der Waals surface area contributed by atoms with Gasteiger partial charge in [-0.15, -0.1) is 0 Å². The lowest BCUT2D eigenvalue weighted by Gasteiger charge is -2.35. The number of benzene rings is 11. The van der Waals surface area contributed by atoms with Crippen LogP contribution in [0.2, 0.25) is 0 Å². The molecule has 0 saturated carbocycles. The number of anilines is 3. The number of rotatable bonds is 8. The summed E-state index contributed by atoms with van der Waals surface area (Å²) in [7, 11) is 0. The Balaban J connectivity index is 1.17. The first-order valence-corrected chi connectivity index (χ1v) is 22.2. The highest BCUT2D eigenvalue weighted by Gasteiger charge is 2.46. The molecule has 0 aliphatic heterocycles. The van der Waals surface area contributed by atoms with E-state index in [1.807, 2.05) is 0 Å². The Morgan fingerprint density at radius 2 is 0.672 bits per heavy atom. The van der Waals surface area contributed by atoms with Crippen molar-refractivity contribution < 1.29 is 0 Å². The molecule has 1 heteroatoms. The van der Waals surface area contributed by atoms with Gasteiger partial charge in [0.15, 0.2) is 0 Å². The van der Waals surface area contributed by atoms with Gasteiger partial charge in [0.2, 0.25) is 0 Å². The summed E-state index contributed by atoms with van der Waals surface area (Å²) in [5.74, 6) is 0. The van der Waals surface area contributed by atoms with Gasteiger partial charge in [-0.3, -0.25) is 0 Å². The molecule has 0 heterocycles. The minimum absolute atomic E-state index is 0.599. The zero-order valence-electron chi connectivity index (χ0n) is 35.3. The summed E-state index contributed by atoms with van der Waals surface area (Å²) in [5.41, 5.74) is 17.5. The van der Waals surface area contributed by atoms with Crippen LogP contribution >= 0.6 is 0 Å². The Bertz CT molecular complexity index is 3410. The molecule has 0 bridgehead atoms. The zero-order chi connectivity index (χ0) is 42.5. The van der Waals surface area contributed by atoms with Crippen molar-refractivity contribution in [1.82, 2.24) is 0 Å². The highest BCUT2D eigenvalue weighted by molar-refractivity contribution is 6.22. The van der Waals surface area contributed by atoms with E-state index in [0.717, 1.165) is 17.1 Å². The van der Waals surface area contributed by atoms with Crippen molar-refractivity contribution in [2.24, 2.45) is 0 Å². The quantitative estimate of drug-likeness (QED) is 0.138. The number of para-hydroxylation sites is 1. The fourth-order valence-electron chi connectivity index (χ4n) is 10.5. The van der Waals surface area contributed by atoms with E-state index in [-0.39, 0.29) is 0 Å². The fraction of sp³-hybridized carbons (Fsp3) is 0.0159.